The summed E-state index contributed by atoms with van der Waals surface area (Å²) in [5, 5.41) is 12.9. The number of aliphatic hydroxyl groups excluding tert-OH is 1. The predicted molar refractivity (Wildman–Crippen MR) is 78.6 cm³/mol. The maximum absolute atomic E-state index is 9.67. The highest BCUT2D eigenvalue weighted by Crippen LogP contribution is 1.90. The number of ether oxygens (including phenoxy) is 2. The minimum absolute atomic E-state index is 0.371. The molecule has 0 saturated carbocycles. The van der Waals surface area contributed by atoms with Crippen molar-refractivity contribution in [2.75, 3.05) is 59.2 Å². The molecule has 0 aromatic heterocycles. The van der Waals surface area contributed by atoms with Crippen molar-refractivity contribution in [3.05, 3.63) is 0 Å². The van der Waals surface area contributed by atoms with Gasteiger partial charge in [0.1, 0.15) is 0 Å². The van der Waals surface area contributed by atoms with Gasteiger partial charge in [-0.1, -0.05) is 13.8 Å². The molecule has 0 aliphatic rings. The van der Waals surface area contributed by atoms with Crippen LogP contribution in [0.15, 0.2) is 0 Å². The summed E-state index contributed by atoms with van der Waals surface area (Å²) in [7, 11) is 0. The zero-order valence-corrected chi connectivity index (χ0v) is 12.9. The fraction of sp³-hybridized carbons (Fsp3) is 1.00. The van der Waals surface area contributed by atoms with Crippen molar-refractivity contribution in [3.8, 4) is 0 Å². The second-order valence-electron chi connectivity index (χ2n) is 4.51. The molecule has 19 heavy (non-hydrogen) atoms. The van der Waals surface area contributed by atoms with Crippen LogP contribution in [0.2, 0.25) is 0 Å². The van der Waals surface area contributed by atoms with E-state index in [-0.39, 0.29) is 0 Å². The topological polar surface area (TPSA) is 54.0 Å². The molecule has 0 saturated heterocycles. The third-order valence-corrected chi connectivity index (χ3v) is 2.99. The van der Waals surface area contributed by atoms with Crippen molar-refractivity contribution in [3.63, 3.8) is 0 Å². The number of nitrogens with one attached hydrogen (secondary N) is 1. The maximum atomic E-state index is 9.67. The number of hydrogen-bond acceptors (Lipinski definition) is 5. The van der Waals surface area contributed by atoms with E-state index in [4.69, 9.17) is 9.47 Å². The summed E-state index contributed by atoms with van der Waals surface area (Å²) in [6.07, 6.45) is 0.676. The van der Waals surface area contributed by atoms with Crippen molar-refractivity contribution in [2.45, 2.75) is 33.3 Å². The van der Waals surface area contributed by atoms with Gasteiger partial charge in [-0.2, -0.15) is 0 Å². The molecule has 0 aliphatic heterocycles. The molecule has 0 spiro atoms. The molecule has 0 rings (SSSR count). The Bertz CT molecular complexity index is 178. The molecule has 116 valence electrons. The minimum atomic E-state index is -0.435. The Balaban J connectivity index is 3.26. The Hall–Kier alpha value is -0.200. The SMILES string of the molecule is CCOCCOCC(O)CNCCCN(CC)CC. The highest BCUT2D eigenvalue weighted by Gasteiger charge is 2.04. The Labute approximate surface area is 118 Å². The van der Waals surface area contributed by atoms with Gasteiger partial charge >= 0.3 is 0 Å². The standard InChI is InChI=1S/C14H32N2O3/c1-4-16(5-2)9-7-8-15-12-14(17)13-19-11-10-18-6-3/h14-15,17H,4-13H2,1-3H3. The van der Waals surface area contributed by atoms with Crippen LogP contribution in [0.5, 0.6) is 0 Å². The molecule has 1 unspecified atom stereocenters. The number of rotatable bonds is 14. The van der Waals surface area contributed by atoms with Crippen molar-refractivity contribution < 1.29 is 14.6 Å². The summed E-state index contributed by atoms with van der Waals surface area (Å²) in [6, 6.07) is 0. The van der Waals surface area contributed by atoms with Crippen LogP contribution in [0.3, 0.4) is 0 Å². The Morgan fingerprint density at radius 2 is 1.79 bits per heavy atom. The Kier molecular flexibility index (Phi) is 14.1. The van der Waals surface area contributed by atoms with Crippen molar-refractivity contribution >= 4 is 0 Å². The molecule has 5 nitrogen and oxygen atoms in total. The van der Waals surface area contributed by atoms with E-state index in [0.29, 0.717) is 33.0 Å². The number of nitrogens with zero attached hydrogens (tertiary/aromatic N) is 1. The van der Waals surface area contributed by atoms with Gasteiger partial charge in [-0.25, -0.2) is 0 Å². The van der Waals surface area contributed by atoms with Crippen LogP contribution in [0.1, 0.15) is 27.2 Å². The molecule has 0 amide bonds. The summed E-state index contributed by atoms with van der Waals surface area (Å²) in [5.74, 6) is 0. The van der Waals surface area contributed by atoms with E-state index in [0.717, 1.165) is 32.6 Å². The van der Waals surface area contributed by atoms with Gasteiger partial charge in [0.15, 0.2) is 0 Å². The Morgan fingerprint density at radius 3 is 2.42 bits per heavy atom. The van der Waals surface area contributed by atoms with Crippen molar-refractivity contribution in [1.29, 1.82) is 0 Å². The van der Waals surface area contributed by atoms with Gasteiger partial charge < -0.3 is 24.8 Å². The minimum Gasteiger partial charge on any atom is -0.389 e. The first-order valence-electron chi connectivity index (χ1n) is 7.51. The van der Waals surface area contributed by atoms with Crippen LogP contribution in [-0.2, 0) is 9.47 Å². The maximum Gasteiger partial charge on any atom is 0.0897 e. The van der Waals surface area contributed by atoms with Crippen LogP contribution < -0.4 is 5.32 Å². The van der Waals surface area contributed by atoms with E-state index in [1.54, 1.807) is 0 Å². The van der Waals surface area contributed by atoms with Gasteiger partial charge in [0.2, 0.25) is 0 Å². The molecule has 0 bridgehead atoms. The van der Waals surface area contributed by atoms with Gasteiger partial charge in [0.25, 0.3) is 0 Å². The molecule has 0 fully saturated rings. The van der Waals surface area contributed by atoms with Gasteiger partial charge in [-0.05, 0) is 39.5 Å². The highest BCUT2D eigenvalue weighted by molar-refractivity contribution is 4.60. The fourth-order valence-corrected chi connectivity index (χ4v) is 1.78. The van der Waals surface area contributed by atoms with E-state index in [2.05, 4.69) is 24.1 Å². The van der Waals surface area contributed by atoms with Gasteiger partial charge in [0, 0.05) is 13.2 Å². The predicted octanol–water partition coefficient (Wildman–Crippen LogP) is 0.722. The third-order valence-electron chi connectivity index (χ3n) is 2.99. The second-order valence-corrected chi connectivity index (χ2v) is 4.51. The molecular weight excluding hydrogens is 244 g/mol. The summed E-state index contributed by atoms with van der Waals surface area (Å²) in [4.78, 5) is 2.40. The molecule has 0 aromatic rings. The first-order valence-corrected chi connectivity index (χ1v) is 7.51. The lowest BCUT2D eigenvalue weighted by atomic mass is 10.3. The van der Waals surface area contributed by atoms with E-state index >= 15 is 0 Å². The molecule has 0 aromatic carbocycles. The first kappa shape index (κ1) is 18.8. The quantitative estimate of drug-likeness (QED) is 0.458. The van der Waals surface area contributed by atoms with Crippen molar-refractivity contribution in [1.82, 2.24) is 10.2 Å². The molecular formula is C14H32N2O3. The van der Waals surface area contributed by atoms with Crippen LogP contribution in [-0.4, -0.2) is 75.3 Å². The lowest BCUT2D eigenvalue weighted by Gasteiger charge is -2.18. The molecule has 0 heterocycles. The highest BCUT2D eigenvalue weighted by atomic mass is 16.5. The first-order chi connectivity index (χ1) is 9.24. The Morgan fingerprint density at radius 1 is 1.11 bits per heavy atom. The number of aliphatic hydroxyl groups is 1. The molecule has 0 radical (unpaired) electrons. The van der Waals surface area contributed by atoms with Crippen molar-refractivity contribution in [2.24, 2.45) is 0 Å². The molecule has 2 N–H and O–H groups in total. The van der Waals surface area contributed by atoms with Crippen LogP contribution in [0.4, 0.5) is 0 Å². The van der Waals surface area contributed by atoms with Crippen LogP contribution in [0, 0.1) is 0 Å². The largest absolute Gasteiger partial charge is 0.389 e. The smallest absolute Gasteiger partial charge is 0.0897 e. The second kappa shape index (κ2) is 14.2. The lowest BCUT2D eigenvalue weighted by Crippen LogP contribution is -2.33. The summed E-state index contributed by atoms with van der Waals surface area (Å²) >= 11 is 0. The molecule has 0 aliphatic carbocycles. The van der Waals surface area contributed by atoms with E-state index in [1.807, 2.05) is 6.92 Å². The van der Waals surface area contributed by atoms with E-state index in [1.165, 1.54) is 0 Å². The van der Waals surface area contributed by atoms with Gasteiger partial charge in [-0.15, -0.1) is 0 Å². The third kappa shape index (κ3) is 12.6. The van der Waals surface area contributed by atoms with E-state index in [9.17, 15) is 5.11 Å². The normalized spacial score (nSPS) is 13.1. The average Bonchev–Trinajstić information content (AvgIpc) is 2.42. The van der Waals surface area contributed by atoms with E-state index < -0.39 is 6.10 Å². The number of hydrogen-bond donors (Lipinski definition) is 2. The monoisotopic (exact) mass is 276 g/mol. The van der Waals surface area contributed by atoms with Gasteiger partial charge in [0.05, 0.1) is 25.9 Å². The fourth-order valence-electron chi connectivity index (χ4n) is 1.78. The van der Waals surface area contributed by atoms with Gasteiger partial charge in [-0.3, -0.25) is 0 Å². The zero-order chi connectivity index (χ0) is 14.3. The summed E-state index contributed by atoms with van der Waals surface area (Å²) in [5.41, 5.74) is 0. The molecule has 5 heteroatoms. The summed E-state index contributed by atoms with van der Waals surface area (Å²) in [6.45, 7) is 13.4. The van der Waals surface area contributed by atoms with Crippen LogP contribution >= 0.6 is 0 Å². The average molecular weight is 276 g/mol. The van der Waals surface area contributed by atoms with Crippen LogP contribution in [0.25, 0.3) is 0 Å². The zero-order valence-electron chi connectivity index (χ0n) is 12.9. The summed E-state index contributed by atoms with van der Waals surface area (Å²) < 4.78 is 10.4. The lowest BCUT2D eigenvalue weighted by molar-refractivity contribution is 0.00652. The molecule has 1 atom stereocenters.